The van der Waals surface area contributed by atoms with Crippen molar-refractivity contribution >= 4 is 5.71 Å². The van der Waals surface area contributed by atoms with E-state index < -0.39 is 4.92 Å². The Labute approximate surface area is 52.8 Å². The lowest BCUT2D eigenvalue weighted by atomic mass is 10.2. The minimum atomic E-state index is -0.562. The van der Waals surface area contributed by atoms with Gasteiger partial charge < -0.3 is 5.41 Å². The monoisotopic (exact) mass is 128 g/mol. The molecule has 0 aliphatic carbocycles. The molecular weight excluding hydrogens is 120 g/mol. The van der Waals surface area contributed by atoms with Gasteiger partial charge in [-0.3, -0.25) is 10.1 Å². The lowest BCUT2D eigenvalue weighted by Crippen LogP contribution is -1.94. The normalized spacial score (nSPS) is 11.1. The predicted molar refractivity (Wildman–Crippen MR) is 34.2 cm³/mol. The summed E-state index contributed by atoms with van der Waals surface area (Å²) in [6, 6.07) is 0. The molecule has 0 aromatic rings. The second-order valence-electron chi connectivity index (χ2n) is 1.72. The van der Waals surface area contributed by atoms with E-state index in [4.69, 9.17) is 5.41 Å². The van der Waals surface area contributed by atoms with Crippen LogP contribution in [-0.4, -0.2) is 10.6 Å². The molecule has 0 rings (SSSR count). The van der Waals surface area contributed by atoms with E-state index in [2.05, 4.69) is 0 Å². The average Bonchev–Trinajstić information content (AvgIpc) is 1.63. The van der Waals surface area contributed by atoms with Crippen LogP contribution in [0, 0.1) is 15.5 Å². The van der Waals surface area contributed by atoms with E-state index in [1.807, 2.05) is 0 Å². The fourth-order valence-electron chi connectivity index (χ4n) is 0.255. The molecule has 0 bridgehead atoms. The molecule has 0 unspecified atom stereocenters. The number of hydrogen-bond acceptors (Lipinski definition) is 3. The molecule has 0 saturated heterocycles. The maximum Gasteiger partial charge on any atom is 0.239 e. The van der Waals surface area contributed by atoms with Crippen LogP contribution in [0.2, 0.25) is 0 Å². The third-order valence-electron chi connectivity index (χ3n) is 0.891. The van der Waals surface area contributed by atoms with Gasteiger partial charge in [-0.25, -0.2) is 0 Å². The summed E-state index contributed by atoms with van der Waals surface area (Å²) >= 11 is 0. The molecule has 0 spiro atoms. The van der Waals surface area contributed by atoms with Crippen molar-refractivity contribution in [2.75, 3.05) is 0 Å². The van der Waals surface area contributed by atoms with Gasteiger partial charge in [0.2, 0.25) is 6.20 Å². The highest BCUT2D eigenvalue weighted by Gasteiger charge is 1.95. The highest BCUT2D eigenvalue weighted by molar-refractivity contribution is 5.94. The summed E-state index contributed by atoms with van der Waals surface area (Å²) in [6.07, 6.45) is 0.822. The van der Waals surface area contributed by atoms with E-state index in [1.165, 1.54) is 13.8 Å². The molecule has 0 aromatic carbocycles. The molecular formula is C5H8N2O2. The molecule has 0 fully saturated rings. The third-order valence-corrected chi connectivity index (χ3v) is 0.891. The van der Waals surface area contributed by atoms with Crippen LogP contribution >= 0.6 is 0 Å². The van der Waals surface area contributed by atoms with Crippen LogP contribution in [0.15, 0.2) is 11.8 Å². The molecule has 1 N–H and O–H groups in total. The van der Waals surface area contributed by atoms with Crippen molar-refractivity contribution in [3.05, 3.63) is 21.9 Å². The largest absolute Gasteiger partial charge is 0.305 e. The van der Waals surface area contributed by atoms with Gasteiger partial charge in [-0.2, -0.15) is 0 Å². The van der Waals surface area contributed by atoms with Crippen molar-refractivity contribution in [3.63, 3.8) is 0 Å². The quantitative estimate of drug-likeness (QED) is 0.345. The topological polar surface area (TPSA) is 67.0 Å². The van der Waals surface area contributed by atoms with Gasteiger partial charge >= 0.3 is 0 Å². The van der Waals surface area contributed by atoms with E-state index in [0.29, 0.717) is 5.57 Å². The number of hydrogen-bond donors (Lipinski definition) is 1. The molecule has 0 aromatic heterocycles. The van der Waals surface area contributed by atoms with Crippen LogP contribution in [0.5, 0.6) is 0 Å². The SMILES string of the molecule is CC(=N)/C(C)=C/[N+](=O)[O-]. The number of nitro groups is 1. The molecule has 4 heteroatoms. The number of rotatable bonds is 2. The summed E-state index contributed by atoms with van der Waals surface area (Å²) in [7, 11) is 0. The first-order valence-corrected chi connectivity index (χ1v) is 2.41. The van der Waals surface area contributed by atoms with E-state index in [1.54, 1.807) is 0 Å². The van der Waals surface area contributed by atoms with Gasteiger partial charge in [0.15, 0.2) is 0 Å². The molecule has 0 aliphatic heterocycles. The predicted octanol–water partition coefficient (Wildman–Crippen LogP) is 1.21. The van der Waals surface area contributed by atoms with Gasteiger partial charge in [0.1, 0.15) is 0 Å². The fourth-order valence-corrected chi connectivity index (χ4v) is 0.255. The van der Waals surface area contributed by atoms with Gasteiger partial charge in [-0.1, -0.05) is 0 Å². The molecule has 4 nitrogen and oxygen atoms in total. The van der Waals surface area contributed by atoms with Crippen LogP contribution in [0.25, 0.3) is 0 Å². The molecule has 0 radical (unpaired) electrons. The smallest absolute Gasteiger partial charge is 0.239 e. The van der Waals surface area contributed by atoms with Crippen LogP contribution in [0.1, 0.15) is 13.8 Å². The lowest BCUT2D eigenvalue weighted by Gasteiger charge is -1.88. The van der Waals surface area contributed by atoms with Crippen LogP contribution < -0.4 is 0 Å². The fraction of sp³-hybridized carbons (Fsp3) is 0.400. The molecule has 0 saturated carbocycles. The second kappa shape index (κ2) is 2.96. The number of allylic oxidation sites excluding steroid dienone is 1. The zero-order chi connectivity index (χ0) is 7.44. The molecule has 0 atom stereocenters. The van der Waals surface area contributed by atoms with Gasteiger partial charge in [0.05, 0.1) is 4.92 Å². The van der Waals surface area contributed by atoms with Crippen molar-refractivity contribution < 1.29 is 4.92 Å². The first-order valence-electron chi connectivity index (χ1n) is 2.41. The summed E-state index contributed by atoms with van der Waals surface area (Å²) in [6.45, 7) is 3.04. The van der Waals surface area contributed by atoms with Gasteiger partial charge in [0, 0.05) is 11.3 Å². The first-order chi connectivity index (χ1) is 4.04. The molecule has 0 heterocycles. The highest BCUT2D eigenvalue weighted by atomic mass is 16.6. The zero-order valence-electron chi connectivity index (χ0n) is 5.34. The minimum absolute atomic E-state index is 0.228. The van der Waals surface area contributed by atoms with E-state index in [9.17, 15) is 10.1 Å². The molecule has 0 amide bonds. The van der Waals surface area contributed by atoms with E-state index >= 15 is 0 Å². The van der Waals surface area contributed by atoms with Crippen molar-refractivity contribution in [1.29, 1.82) is 5.41 Å². The maximum atomic E-state index is 9.75. The Bertz CT molecular complexity index is 172. The number of nitrogens with zero attached hydrogens (tertiary/aromatic N) is 1. The highest BCUT2D eigenvalue weighted by Crippen LogP contribution is 1.92. The second-order valence-corrected chi connectivity index (χ2v) is 1.72. The van der Waals surface area contributed by atoms with E-state index in [0.717, 1.165) is 6.20 Å². The summed E-state index contributed by atoms with van der Waals surface area (Å²) in [5.41, 5.74) is 0.617. The van der Waals surface area contributed by atoms with Crippen LogP contribution in [0.3, 0.4) is 0 Å². The Kier molecular flexibility index (Phi) is 2.57. The summed E-state index contributed by atoms with van der Waals surface area (Å²) in [5.74, 6) is 0. The zero-order valence-corrected chi connectivity index (χ0v) is 5.34. The van der Waals surface area contributed by atoms with Crippen LogP contribution in [-0.2, 0) is 0 Å². The summed E-state index contributed by atoms with van der Waals surface area (Å²) in [4.78, 5) is 9.18. The van der Waals surface area contributed by atoms with Gasteiger partial charge in [-0.15, -0.1) is 0 Å². The average molecular weight is 128 g/mol. The Balaban J connectivity index is 4.17. The number of nitrogens with one attached hydrogen (secondary N) is 1. The van der Waals surface area contributed by atoms with Crippen molar-refractivity contribution in [2.45, 2.75) is 13.8 Å². The van der Waals surface area contributed by atoms with Gasteiger partial charge in [0.25, 0.3) is 0 Å². The van der Waals surface area contributed by atoms with Crippen molar-refractivity contribution in [2.24, 2.45) is 0 Å². The first kappa shape index (κ1) is 7.81. The Morgan fingerprint density at radius 3 is 2.22 bits per heavy atom. The van der Waals surface area contributed by atoms with E-state index in [-0.39, 0.29) is 5.71 Å². The Morgan fingerprint density at radius 2 is 2.11 bits per heavy atom. The molecule has 9 heavy (non-hydrogen) atoms. The lowest BCUT2D eigenvalue weighted by molar-refractivity contribution is -0.403. The maximum absolute atomic E-state index is 9.75. The minimum Gasteiger partial charge on any atom is -0.305 e. The van der Waals surface area contributed by atoms with Crippen molar-refractivity contribution in [3.8, 4) is 0 Å². The summed E-state index contributed by atoms with van der Waals surface area (Å²) < 4.78 is 0. The van der Waals surface area contributed by atoms with Crippen LogP contribution in [0.4, 0.5) is 0 Å². The third kappa shape index (κ3) is 3.40. The Morgan fingerprint density at radius 1 is 1.67 bits per heavy atom. The van der Waals surface area contributed by atoms with Gasteiger partial charge in [-0.05, 0) is 13.8 Å². The molecule has 0 aliphatic rings. The molecule has 50 valence electrons. The van der Waals surface area contributed by atoms with Crippen molar-refractivity contribution in [1.82, 2.24) is 0 Å². The standard InChI is InChI=1S/C5H8N2O2/c1-4(5(2)6)3-7(8)9/h3,6H,1-2H3/b4-3+,6-5?. The Hall–Kier alpha value is -1.19. The summed E-state index contributed by atoms with van der Waals surface area (Å²) in [5, 5.41) is 16.7.